The molecule has 1 aromatic carbocycles. The van der Waals surface area contributed by atoms with Crippen molar-refractivity contribution in [3.63, 3.8) is 0 Å². The average Bonchev–Trinajstić information content (AvgIpc) is 2.63. The Balaban J connectivity index is 2.61. The highest BCUT2D eigenvalue weighted by Gasteiger charge is 2.18. The SMILES string of the molecule is NC(C(=O)O)c1cccc2[nH]nnc12. The van der Waals surface area contributed by atoms with Gasteiger partial charge < -0.3 is 10.8 Å². The quantitative estimate of drug-likeness (QED) is 0.623. The molecule has 1 aromatic heterocycles. The van der Waals surface area contributed by atoms with E-state index in [9.17, 15) is 4.79 Å². The van der Waals surface area contributed by atoms with Crippen LogP contribution < -0.4 is 5.73 Å². The number of aliphatic carboxylic acids is 1. The molecular formula is C8H8N4O2. The van der Waals surface area contributed by atoms with Crippen LogP contribution in [0.5, 0.6) is 0 Å². The smallest absolute Gasteiger partial charge is 0.325 e. The van der Waals surface area contributed by atoms with Gasteiger partial charge in [0, 0.05) is 5.56 Å². The molecule has 0 saturated heterocycles. The summed E-state index contributed by atoms with van der Waals surface area (Å²) in [6, 6.07) is 4.03. The van der Waals surface area contributed by atoms with Crippen LogP contribution in [0.2, 0.25) is 0 Å². The summed E-state index contributed by atoms with van der Waals surface area (Å²) in [5.74, 6) is -1.08. The van der Waals surface area contributed by atoms with Gasteiger partial charge in [-0.3, -0.25) is 9.89 Å². The molecule has 0 radical (unpaired) electrons. The molecule has 1 heterocycles. The maximum atomic E-state index is 10.7. The van der Waals surface area contributed by atoms with Gasteiger partial charge in [0.15, 0.2) is 0 Å². The number of carboxylic acid groups (broad SMARTS) is 1. The Hall–Kier alpha value is -1.95. The van der Waals surface area contributed by atoms with Gasteiger partial charge in [0.05, 0.1) is 5.52 Å². The van der Waals surface area contributed by atoms with E-state index in [2.05, 4.69) is 15.4 Å². The highest BCUT2D eigenvalue weighted by molar-refractivity contribution is 5.85. The predicted octanol–water partition coefficient (Wildman–Crippen LogP) is 0.0423. The van der Waals surface area contributed by atoms with Crippen molar-refractivity contribution < 1.29 is 9.90 Å². The first-order valence-corrected chi connectivity index (χ1v) is 3.98. The van der Waals surface area contributed by atoms with E-state index in [4.69, 9.17) is 10.8 Å². The van der Waals surface area contributed by atoms with E-state index < -0.39 is 12.0 Å². The molecule has 0 saturated carbocycles. The van der Waals surface area contributed by atoms with Gasteiger partial charge in [0.25, 0.3) is 0 Å². The number of aromatic nitrogens is 3. The van der Waals surface area contributed by atoms with Crippen LogP contribution in [0.4, 0.5) is 0 Å². The molecule has 0 bridgehead atoms. The second-order valence-electron chi connectivity index (χ2n) is 2.87. The lowest BCUT2D eigenvalue weighted by Gasteiger charge is -2.05. The van der Waals surface area contributed by atoms with Crippen LogP contribution in [0.15, 0.2) is 18.2 Å². The summed E-state index contributed by atoms with van der Waals surface area (Å²) < 4.78 is 0. The van der Waals surface area contributed by atoms with E-state index in [-0.39, 0.29) is 0 Å². The van der Waals surface area contributed by atoms with Crippen LogP contribution in [0.25, 0.3) is 11.0 Å². The number of benzene rings is 1. The first kappa shape index (κ1) is 8.64. The van der Waals surface area contributed by atoms with Crippen molar-refractivity contribution in [2.45, 2.75) is 6.04 Å². The minimum atomic E-state index is -1.08. The standard InChI is InChI=1S/C8H8N4O2/c9-6(8(13)14)4-2-1-3-5-7(4)11-12-10-5/h1-3,6H,9H2,(H,13,14)(H,10,11,12). The molecule has 0 spiro atoms. The second-order valence-corrected chi connectivity index (χ2v) is 2.87. The van der Waals surface area contributed by atoms with E-state index >= 15 is 0 Å². The van der Waals surface area contributed by atoms with Crippen molar-refractivity contribution in [3.05, 3.63) is 23.8 Å². The molecule has 0 aliphatic rings. The van der Waals surface area contributed by atoms with Crippen molar-refractivity contribution >= 4 is 17.0 Å². The van der Waals surface area contributed by atoms with Crippen LogP contribution in [0, 0.1) is 0 Å². The summed E-state index contributed by atoms with van der Waals surface area (Å²) in [5, 5.41) is 18.7. The summed E-state index contributed by atoms with van der Waals surface area (Å²) in [7, 11) is 0. The minimum absolute atomic E-state index is 0.462. The van der Waals surface area contributed by atoms with Gasteiger partial charge in [-0.1, -0.05) is 17.3 Å². The zero-order valence-electron chi connectivity index (χ0n) is 7.14. The first-order valence-electron chi connectivity index (χ1n) is 3.98. The van der Waals surface area contributed by atoms with Gasteiger partial charge >= 0.3 is 5.97 Å². The molecule has 1 atom stereocenters. The summed E-state index contributed by atoms with van der Waals surface area (Å²) in [4.78, 5) is 10.7. The van der Waals surface area contributed by atoms with E-state index in [0.29, 0.717) is 16.6 Å². The van der Waals surface area contributed by atoms with Crippen LogP contribution in [0.3, 0.4) is 0 Å². The molecule has 0 fully saturated rings. The molecule has 72 valence electrons. The molecule has 0 aliphatic heterocycles. The Kier molecular flexibility index (Phi) is 1.90. The van der Waals surface area contributed by atoms with Crippen LogP contribution in [-0.4, -0.2) is 26.5 Å². The third kappa shape index (κ3) is 1.21. The largest absolute Gasteiger partial charge is 0.480 e. The summed E-state index contributed by atoms with van der Waals surface area (Å²) in [5.41, 5.74) is 7.13. The third-order valence-electron chi connectivity index (χ3n) is 1.99. The number of carbonyl (C=O) groups is 1. The zero-order valence-corrected chi connectivity index (χ0v) is 7.14. The fourth-order valence-electron chi connectivity index (χ4n) is 1.28. The molecule has 1 unspecified atom stereocenters. The molecule has 0 aliphatic carbocycles. The van der Waals surface area contributed by atoms with Crippen molar-refractivity contribution in [2.24, 2.45) is 5.73 Å². The zero-order chi connectivity index (χ0) is 10.1. The lowest BCUT2D eigenvalue weighted by molar-refractivity contribution is -0.138. The number of H-pyrrole nitrogens is 1. The maximum Gasteiger partial charge on any atom is 0.325 e. The molecule has 6 nitrogen and oxygen atoms in total. The van der Waals surface area contributed by atoms with E-state index in [0.717, 1.165) is 0 Å². The topological polar surface area (TPSA) is 105 Å². The first-order chi connectivity index (χ1) is 6.70. The highest BCUT2D eigenvalue weighted by Crippen LogP contribution is 2.19. The highest BCUT2D eigenvalue weighted by atomic mass is 16.4. The summed E-state index contributed by atoms with van der Waals surface area (Å²) in [6.45, 7) is 0. The fraction of sp³-hybridized carbons (Fsp3) is 0.125. The van der Waals surface area contributed by atoms with Gasteiger partial charge in [-0.15, -0.1) is 5.10 Å². The van der Waals surface area contributed by atoms with Gasteiger partial charge in [-0.05, 0) is 6.07 Å². The Morgan fingerprint density at radius 2 is 2.36 bits per heavy atom. The van der Waals surface area contributed by atoms with Crippen molar-refractivity contribution in [3.8, 4) is 0 Å². The van der Waals surface area contributed by atoms with Gasteiger partial charge in [0.2, 0.25) is 0 Å². The number of hydrogen-bond donors (Lipinski definition) is 3. The van der Waals surface area contributed by atoms with E-state index in [1.807, 2.05) is 0 Å². The van der Waals surface area contributed by atoms with Gasteiger partial charge in [-0.25, -0.2) is 0 Å². The Morgan fingerprint density at radius 1 is 1.57 bits per heavy atom. The third-order valence-corrected chi connectivity index (χ3v) is 1.99. The summed E-state index contributed by atoms with van der Waals surface area (Å²) >= 11 is 0. The van der Waals surface area contributed by atoms with Gasteiger partial charge in [0.1, 0.15) is 11.6 Å². The fourth-order valence-corrected chi connectivity index (χ4v) is 1.28. The van der Waals surface area contributed by atoms with Crippen molar-refractivity contribution in [2.75, 3.05) is 0 Å². The van der Waals surface area contributed by atoms with Gasteiger partial charge in [-0.2, -0.15) is 0 Å². The number of carboxylic acids is 1. The molecular weight excluding hydrogens is 184 g/mol. The predicted molar refractivity (Wildman–Crippen MR) is 48.5 cm³/mol. The number of nitrogens with zero attached hydrogens (tertiary/aromatic N) is 2. The molecule has 14 heavy (non-hydrogen) atoms. The van der Waals surface area contributed by atoms with E-state index in [1.165, 1.54) is 0 Å². The average molecular weight is 192 g/mol. The van der Waals surface area contributed by atoms with Crippen molar-refractivity contribution in [1.29, 1.82) is 0 Å². The Labute approximate surface area is 78.7 Å². The second kappa shape index (κ2) is 3.08. The number of hydrogen-bond acceptors (Lipinski definition) is 4. The molecule has 6 heteroatoms. The number of fused-ring (bicyclic) bond motifs is 1. The van der Waals surface area contributed by atoms with Crippen LogP contribution >= 0.6 is 0 Å². The van der Waals surface area contributed by atoms with Crippen LogP contribution in [0.1, 0.15) is 11.6 Å². The summed E-state index contributed by atoms with van der Waals surface area (Å²) in [6.07, 6.45) is 0. The molecule has 2 rings (SSSR count). The molecule has 0 amide bonds. The Bertz CT molecular complexity index is 479. The number of nitrogens with one attached hydrogen (secondary N) is 1. The molecule has 2 aromatic rings. The minimum Gasteiger partial charge on any atom is -0.480 e. The normalized spacial score (nSPS) is 12.9. The lowest BCUT2D eigenvalue weighted by Crippen LogP contribution is -2.20. The van der Waals surface area contributed by atoms with Crippen LogP contribution in [-0.2, 0) is 4.79 Å². The monoisotopic (exact) mass is 192 g/mol. The number of nitrogens with two attached hydrogens (primary N) is 1. The number of rotatable bonds is 2. The Morgan fingerprint density at radius 3 is 3.07 bits per heavy atom. The van der Waals surface area contributed by atoms with E-state index in [1.54, 1.807) is 18.2 Å². The lowest BCUT2D eigenvalue weighted by atomic mass is 10.1. The maximum absolute atomic E-state index is 10.7. The van der Waals surface area contributed by atoms with Crippen molar-refractivity contribution in [1.82, 2.24) is 15.4 Å². The molecule has 4 N–H and O–H groups in total. The number of aromatic amines is 1.